The van der Waals surface area contributed by atoms with Gasteiger partial charge in [0, 0.05) is 18.9 Å². The molecule has 0 fully saturated rings. The first-order valence-electron chi connectivity index (χ1n) is 8.16. The Morgan fingerprint density at radius 1 is 1.42 bits per heavy atom. The summed E-state index contributed by atoms with van der Waals surface area (Å²) in [5.41, 5.74) is 3.92. The molecule has 0 aliphatic rings. The van der Waals surface area contributed by atoms with Gasteiger partial charge >= 0.3 is 5.97 Å². The lowest BCUT2D eigenvalue weighted by Crippen LogP contribution is -2.27. The first kappa shape index (κ1) is 18.0. The Hall–Kier alpha value is -2.36. The Labute approximate surface area is 143 Å². The van der Waals surface area contributed by atoms with E-state index in [1.54, 1.807) is 0 Å². The quantitative estimate of drug-likeness (QED) is 0.579. The Morgan fingerprint density at radius 2 is 2.12 bits per heavy atom. The van der Waals surface area contributed by atoms with Gasteiger partial charge in [0.25, 0.3) is 0 Å². The molecule has 0 unspecified atom stereocenters. The van der Waals surface area contributed by atoms with Crippen LogP contribution in [0.25, 0.3) is 16.6 Å². The molecule has 24 heavy (non-hydrogen) atoms. The number of benzene rings is 1. The third-order valence-electron chi connectivity index (χ3n) is 3.93. The van der Waals surface area contributed by atoms with Crippen molar-refractivity contribution < 1.29 is 9.53 Å². The molecule has 1 aromatic carbocycles. The molecule has 0 radical (unpaired) electrons. The Kier molecular flexibility index (Phi) is 5.27. The van der Waals surface area contributed by atoms with Crippen LogP contribution in [-0.2, 0) is 16.1 Å². The number of imidazole rings is 1. The van der Waals surface area contributed by atoms with Gasteiger partial charge in [-0.3, -0.25) is 4.79 Å². The van der Waals surface area contributed by atoms with E-state index in [1.165, 1.54) is 6.92 Å². The van der Waals surface area contributed by atoms with Gasteiger partial charge in [-0.25, -0.2) is 4.98 Å². The molecule has 0 spiro atoms. The Balaban J connectivity index is 2.38. The summed E-state index contributed by atoms with van der Waals surface area (Å²) >= 11 is 0. The van der Waals surface area contributed by atoms with Crippen molar-refractivity contribution in [1.82, 2.24) is 9.55 Å². The van der Waals surface area contributed by atoms with Crippen LogP contribution < -0.4 is 0 Å². The van der Waals surface area contributed by atoms with E-state index in [-0.39, 0.29) is 11.4 Å². The van der Waals surface area contributed by atoms with Gasteiger partial charge in [0.1, 0.15) is 5.82 Å². The van der Waals surface area contributed by atoms with Gasteiger partial charge in [0.2, 0.25) is 0 Å². The predicted molar refractivity (Wildman–Crippen MR) is 98.7 cm³/mol. The van der Waals surface area contributed by atoms with Crippen molar-refractivity contribution in [3.05, 3.63) is 48.3 Å². The summed E-state index contributed by atoms with van der Waals surface area (Å²) in [6.45, 7) is 14.8. The van der Waals surface area contributed by atoms with Gasteiger partial charge in [-0.1, -0.05) is 38.6 Å². The van der Waals surface area contributed by atoms with E-state index in [1.807, 2.05) is 38.1 Å². The molecule has 0 N–H and O–H groups in total. The molecule has 128 valence electrons. The SMILES string of the molecule is C=C(/C=C/C)c1ccc2nc(C)n(CC(C)(C)COC(C)=O)c2c1. The first-order valence-corrected chi connectivity index (χ1v) is 8.16. The molecule has 2 rings (SSSR count). The minimum atomic E-state index is -0.250. The number of allylic oxidation sites excluding steroid dienone is 3. The lowest BCUT2D eigenvalue weighted by Gasteiger charge is -2.25. The van der Waals surface area contributed by atoms with Gasteiger partial charge in [-0.2, -0.15) is 0 Å². The fourth-order valence-electron chi connectivity index (χ4n) is 2.71. The van der Waals surface area contributed by atoms with E-state index in [4.69, 9.17) is 4.74 Å². The molecule has 0 saturated heterocycles. The minimum Gasteiger partial charge on any atom is -0.465 e. The standard InChI is InChI=1S/C20H26N2O2/c1-7-8-14(2)17-9-10-18-19(11-17)22(15(3)21-18)12-20(5,6)13-24-16(4)23/h7-11H,2,12-13H2,1,3-6H3/b8-7+. The number of hydrogen-bond acceptors (Lipinski definition) is 3. The fraction of sp³-hybridized carbons (Fsp3) is 0.400. The number of fused-ring (bicyclic) bond motifs is 1. The van der Waals surface area contributed by atoms with Crippen LogP contribution in [0.3, 0.4) is 0 Å². The zero-order valence-electron chi connectivity index (χ0n) is 15.2. The molecule has 0 saturated carbocycles. The van der Waals surface area contributed by atoms with Crippen molar-refractivity contribution in [2.45, 2.75) is 41.2 Å². The number of aromatic nitrogens is 2. The maximum atomic E-state index is 11.1. The van der Waals surface area contributed by atoms with Gasteiger partial charge in [0.05, 0.1) is 17.6 Å². The van der Waals surface area contributed by atoms with Crippen molar-refractivity contribution in [2.24, 2.45) is 5.41 Å². The fourth-order valence-corrected chi connectivity index (χ4v) is 2.71. The van der Waals surface area contributed by atoms with Crippen LogP contribution in [0.15, 0.2) is 36.9 Å². The Morgan fingerprint density at radius 3 is 2.75 bits per heavy atom. The number of ether oxygens (including phenoxy) is 1. The minimum absolute atomic E-state index is 0.180. The van der Waals surface area contributed by atoms with Gasteiger partial charge < -0.3 is 9.30 Å². The third kappa shape index (κ3) is 4.13. The highest BCUT2D eigenvalue weighted by molar-refractivity contribution is 5.83. The molecule has 0 aliphatic carbocycles. The lowest BCUT2D eigenvalue weighted by atomic mass is 9.94. The van der Waals surface area contributed by atoms with Gasteiger partial charge in [0.15, 0.2) is 0 Å². The molecule has 0 amide bonds. The summed E-state index contributed by atoms with van der Waals surface area (Å²) in [6, 6.07) is 6.20. The average Bonchev–Trinajstić information content (AvgIpc) is 2.80. The molecular formula is C20H26N2O2. The van der Waals surface area contributed by atoms with Crippen molar-refractivity contribution in [3.63, 3.8) is 0 Å². The maximum Gasteiger partial charge on any atom is 0.302 e. The van der Waals surface area contributed by atoms with Crippen LogP contribution in [0.4, 0.5) is 0 Å². The zero-order valence-corrected chi connectivity index (χ0v) is 15.2. The second kappa shape index (κ2) is 7.04. The number of aryl methyl sites for hydroxylation is 1. The summed E-state index contributed by atoms with van der Waals surface area (Å²) < 4.78 is 7.39. The smallest absolute Gasteiger partial charge is 0.302 e. The molecule has 2 aromatic rings. The number of nitrogens with zero attached hydrogens (tertiary/aromatic N) is 2. The van der Waals surface area contributed by atoms with E-state index in [2.05, 4.69) is 36.0 Å². The molecule has 4 nitrogen and oxygen atoms in total. The van der Waals surface area contributed by atoms with E-state index in [9.17, 15) is 4.79 Å². The average molecular weight is 326 g/mol. The molecule has 0 aliphatic heterocycles. The second-order valence-corrected chi connectivity index (χ2v) is 6.92. The molecule has 1 heterocycles. The van der Waals surface area contributed by atoms with Crippen molar-refractivity contribution in [2.75, 3.05) is 6.61 Å². The van der Waals surface area contributed by atoms with E-state index >= 15 is 0 Å². The normalized spacial score (nSPS) is 12.0. The van der Waals surface area contributed by atoms with E-state index in [0.717, 1.165) is 34.5 Å². The number of hydrogen-bond donors (Lipinski definition) is 0. The molecule has 0 atom stereocenters. The highest BCUT2D eigenvalue weighted by atomic mass is 16.5. The van der Waals surface area contributed by atoms with E-state index in [0.29, 0.717) is 6.61 Å². The number of esters is 1. The third-order valence-corrected chi connectivity index (χ3v) is 3.93. The maximum absolute atomic E-state index is 11.1. The van der Waals surface area contributed by atoms with Crippen LogP contribution in [0.2, 0.25) is 0 Å². The second-order valence-electron chi connectivity index (χ2n) is 6.92. The zero-order chi connectivity index (χ0) is 17.9. The predicted octanol–water partition coefficient (Wildman–Crippen LogP) is 4.52. The summed E-state index contributed by atoms with van der Waals surface area (Å²) in [6.07, 6.45) is 3.98. The van der Waals surface area contributed by atoms with Gasteiger partial charge in [-0.15, -0.1) is 0 Å². The van der Waals surface area contributed by atoms with Crippen LogP contribution in [0.5, 0.6) is 0 Å². The number of carbonyl (C=O) groups excluding carboxylic acids is 1. The largest absolute Gasteiger partial charge is 0.465 e. The molecular weight excluding hydrogens is 300 g/mol. The Bertz CT molecular complexity index is 797. The highest BCUT2D eigenvalue weighted by Crippen LogP contribution is 2.26. The van der Waals surface area contributed by atoms with Crippen molar-refractivity contribution >= 4 is 22.6 Å². The van der Waals surface area contributed by atoms with Crippen LogP contribution in [-0.4, -0.2) is 22.1 Å². The van der Waals surface area contributed by atoms with E-state index < -0.39 is 0 Å². The first-order chi connectivity index (χ1) is 11.2. The van der Waals surface area contributed by atoms with Crippen LogP contribution >= 0.6 is 0 Å². The number of carbonyl (C=O) groups is 1. The summed E-state index contributed by atoms with van der Waals surface area (Å²) in [7, 11) is 0. The van der Waals surface area contributed by atoms with Crippen LogP contribution in [0.1, 0.15) is 39.1 Å². The molecule has 4 heteroatoms. The lowest BCUT2D eigenvalue weighted by molar-refractivity contribution is -0.144. The van der Waals surface area contributed by atoms with Crippen molar-refractivity contribution in [3.8, 4) is 0 Å². The van der Waals surface area contributed by atoms with Crippen molar-refractivity contribution in [1.29, 1.82) is 0 Å². The summed E-state index contributed by atoms with van der Waals surface area (Å²) in [5, 5.41) is 0. The topological polar surface area (TPSA) is 44.1 Å². The van der Waals surface area contributed by atoms with Gasteiger partial charge in [-0.05, 0) is 37.1 Å². The van der Waals surface area contributed by atoms with Crippen LogP contribution in [0, 0.1) is 12.3 Å². The monoisotopic (exact) mass is 326 g/mol. The summed E-state index contributed by atoms with van der Waals surface area (Å²) in [4.78, 5) is 15.7. The number of rotatable bonds is 6. The molecule has 1 aromatic heterocycles. The highest BCUT2D eigenvalue weighted by Gasteiger charge is 2.23. The molecule has 0 bridgehead atoms. The summed E-state index contributed by atoms with van der Waals surface area (Å²) in [5.74, 6) is 0.704.